The summed E-state index contributed by atoms with van der Waals surface area (Å²) in [6.07, 6.45) is 1.45. The van der Waals surface area contributed by atoms with Crippen molar-refractivity contribution >= 4 is 17.8 Å². The Morgan fingerprint density at radius 3 is 2.68 bits per heavy atom. The lowest BCUT2D eigenvalue weighted by Crippen LogP contribution is -2.59. The first-order valence-electron chi connectivity index (χ1n) is 12.7. The van der Waals surface area contributed by atoms with Crippen molar-refractivity contribution in [2.45, 2.75) is 63.8 Å². The second kappa shape index (κ2) is 10.5. The van der Waals surface area contributed by atoms with Crippen molar-refractivity contribution in [2.75, 3.05) is 52.6 Å². The molecule has 0 aromatic heterocycles. The summed E-state index contributed by atoms with van der Waals surface area (Å²) in [6, 6.07) is -1.41. The van der Waals surface area contributed by atoms with Gasteiger partial charge in [0.25, 0.3) is 0 Å². The topological polar surface area (TPSA) is 118 Å². The molecular formula is C24H39N3O7. The molecule has 4 saturated heterocycles. The molecule has 4 heterocycles. The predicted octanol–water partition coefficient (Wildman–Crippen LogP) is -0.220. The summed E-state index contributed by atoms with van der Waals surface area (Å²) in [7, 11) is 0. The lowest BCUT2D eigenvalue weighted by molar-refractivity contribution is -0.155. The second-order valence-electron chi connectivity index (χ2n) is 9.93. The van der Waals surface area contributed by atoms with Gasteiger partial charge in [0.2, 0.25) is 11.8 Å². The largest absolute Gasteiger partial charge is 0.466 e. The van der Waals surface area contributed by atoms with Crippen LogP contribution < -0.4 is 5.32 Å². The highest BCUT2D eigenvalue weighted by Crippen LogP contribution is 2.59. The van der Waals surface area contributed by atoms with Crippen molar-refractivity contribution in [1.82, 2.24) is 15.1 Å². The fourth-order valence-electron chi connectivity index (χ4n) is 6.33. The van der Waals surface area contributed by atoms with Crippen LogP contribution >= 0.6 is 0 Å². The zero-order valence-corrected chi connectivity index (χ0v) is 20.5. The number of nitrogens with zero attached hydrogens (tertiary/aromatic N) is 2. The molecule has 0 unspecified atom stereocenters. The Hall–Kier alpha value is -1.75. The Bertz CT molecular complexity index is 774. The first-order valence-corrected chi connectivity index (χ1v) is 12.7. The van der Waals surface area contributed by atoms with E-state index in [4.69, 9.17) is 14.2 Å². The van der Waals surface area contributed by atoms with E-state index < -0.39 is 41.6 Å². The van der Waals surface area contributed by atoms with Gasteiger partial charge in [0.05, 0.1) is 50.4 Å². The van der Waals surface area contributed by atoms with E-state index in [1.807, 2.05) is 13.8 Å². The zero-order valence-electron chi connectivity index (χ0n) is 20.5. The molecule has 192 valence electrons. The molecule has 0 aromatic rings. The molecule has 4 aliphatic rings. The highest BCUT2D eigenvalue weighted by molar-refractivity contribution is 5.98. The molecule has 0 aromatic carbocycles. The van der Waals surface area contributed by atoms with Gasteiger partial charge in [-0.05, 0) is 25.7 Å². The molecule has 2 amide bonds. The number of likely N-dealkylation sites (tertiary alicyclic amines) is 1. The Balaban J connectivity index is 1.60. The van der Waals surface area contributed by atoms with Crippen LogP contribution in [0.15, 0.2) is 0 Å². The van der Waals surface area contributed by atoms with Gasteiger partial charge in [-0.1, -0.05) is 20.3 Å². The molecule has 4 rings (SSSR count). The van der Waals surface area contributed by atoms with E-state index in [1.165, 1.54) is 4.90 Å². The van der Waals surface area contributed by atoms with Gasteiger partial charge in [0.1, 0.15) is 11.6 Å². The van der Waals surface area contributed by atoms with Crippen LogP contribution in [0.3, 0.4) is 0 Å². The number of carbonyl (C=O) groups excluding carboxylic acids is 3. The molecule has 10 heteroatoms. The summed E-state index contributed by atoms with van der Waals surface area (Å²) in [5.41, 5.74) is -1.07. The quantitative estimate of drug-likeness (QED) is 0.411. The number of amides is 2. The van der Waals surface area contributed by atoms with E-state index in [1.54, 1.807) is 6.92 Å². The molecule has 0 saturated carbocycles. The van der Waals surface area contributed by atoms with Crippen LogP contribution in [0.2, 0.25) is 0 Å². The van der Waals surface area contributed by atoms with Crippen molar-refractivity contribution in [2.24, 2.45) is 17.8 Å². The number of nitrogens with one attached hydrogen (secondary N) is 1. The third kappa shape index (κ3) is 4.23. The third-order valence-corrected chi connectivity index (χ3v) is 8.22. The van der Waals surface area contributed by atoms with Crippen molar-refractivity contribution < 1.29 is 33.7 Å². The number of esters is 1. The maximum absolute atomic E-state index is 13.9. The summed E-state index contributed by atoms with van der Waals surface area (Å²) >= 11 is 0. The molecule has 7 atom stereocenters. The van der Waals surface area contributed by atoms with E-state index in [9.17, 15) is 19.5 Å². The number of rotatable bonds is 10. The van der Waals surface area contributed by atoms with Gasteiger partial charge in [0.15, 0.2) is 0 Å². The molecular weight excluding hydrogens is 442 g/mol. The Morgan fingerprint density at radius 1 is 1.29 bits per heavy atom. The van der Waals surface area contributed by atoms with E-state index in [0.29, 0.717) is 39.1 Å². The first kappa shape index (κ1) is 25.3. The van der Waals surface area contributed by atoms with E-state index in [2.05, 4.69) is 10.2 Å². The van der Waals surface area contributed by atoms with Crippen molar-refractivity contribution in [3.63, 3.8) is 0 Å². The number of fused-ring (bicyclic) bond motifs is 1. The van der Waals surface area contributed by atoms with Gasteiger partial charge < -0.3 is 29.5 Å². The number of carbonyl (C=O) groups is 3. The maximum atomic E-state index is 13.9. The van der Waals surface area contributed by atoms with Crippen molar-refractivity contribution in [1.29, 1.82) is 0 Å². The molecule has 0 aliphatic carbocycles. The summed E-state index contributed by atoms with van der Waals surface area (Å²) < 4.78 is 17.0. The maximum Gasteiger partial charge on any atom is 0.312 e. The van der Waals surface area contributed by atoms with Crippen LogP contribution in [0.5, 0.6) is 0 Å². The summed E-state index contributed by atoms with van der Waals surface area (Å²) in [5, 5.41) is 13.3. The lowest BCUT2D eigenvalue weighted by Gasteiger charge is -2.39. The van der Waals surface area contributed by atoms with Crippen LogP contribution in [0.4, 0.5) is 0 Å². The SMILES string of the molecule is CCOC(=O)[C@@H]1[C@@H]2CC[C@]3(O2)[C@H](C(=O)NCCN2CCOCC2)N([C@@H](CO)[C@@H](C)CC)C(=O)[C@@H]13. The van der Waals surface area contributed by atoms with Crippen LogP contribution in [0.25, 0.3) is 0 Å². The summed E-state index contributed by atoms with van der Waals surface area (Å²) in [6.45, 7) is 9.80. The fourth-order valence-corrected chi connectivity index (χ4v) is 6.33. The lowest BCUT2D eigenvalue weighted by atomic mass is 9.71. The number of morpholine rings is 1. The predicted molar refractivity (Wildman–Crippen MR) is 122 cm³/mol. The van der Waals surface area contributed by atoms with Crippen molar-refractivity contribution in [3.05, 3.63) is 0 Å². The molecule has 4 fully saturated rings. The minimum absolute atomic E-state index is 0.0222. The normalized spacial score (nSPS) is 34.7. The van der Waals surface area contributed by atoms with Crippen LogP contribution in [-0.4, -0.2) is 109 Å². The van der Waals surface area contributed by atoms with Crippen LogP contribution in [-0.2, 0) is 28.6 Å². The molecule has 2 bridgehead atoms. The highest BCUT2D eigenvalue weighted by atomic mass is 16.6. The van der Waals surface area contributed by atoms with Gasteiger partial charge in [-0.2, -0.15) is 0 Å². The van der Waals surface area contributed by atoms with E-state index >= 15 is 0 Å². The number of aliphatic hydroxyl groups is 1. The van der Waals surface area contributed by atoms with Crippen molar-refractivity contribution in [3.8, 4) is 0 Å². The van der Waals surface area contributed by atoms with Gasteiger partial charge in [0, 0.05) is 26.2 Å². The molecule has 10 nitrogen and oxygen atoms in total. The van der Waals surface area contributed by atoms with E-state index in [0.717, 1.165) is 19.5 Å². The number of ether oxygens (including phenoxy) is 3. The highest BCUT2D eigenvalue weighted by Gasteiger charge is 2.75. The third-order valence-electron chi connectivity index (χ3n) is 8.22. The minimum atomic E-state index is -1.07. The Labute approximate surface area is 201 Å². The smallest absolute Gasteiger partial charge is 0.312 e. The van der Waals surface area contributed by atoms with Gasteiger partial charge in [-0.15, -0.1) is 0 Å². The zero-order chi connectivity index (χ0) is 24.5. The minimum Gasteiger partial charge on any atom is -0.466 e. The molecule has 2 N–H and O–H groups in total. The second-order valence-corrected chi connectivity index (χ2v) is 9.93. The Morgan fingerprint density at radius 2 is 2.03 bits per heavy atom. The fraction of sp³-hybridized carbons (Fsp3) is 0.875. The molecule has 34 heavy (non-hydrogen) atoms. The van der Waals surface area contributed by atoms with Crippen LogP contribution in [0, 0.1) is 17.8 Å². The number of hydrogen-bond acceptors (Lipinski definition) is 8. The average molecular weight is 482 g/mol. The number of hydrogen-bond donors (Lipinski definition) is 2. The average Bonchev–Trinajstić information content (AvgIpc) is 3.48. The molecule has 4 aliphatic heterocycles. The first-order chi connectivity index (χ1) is 16.4. The van der Waals surface area contributed by atoms with Crippen LogP contribution in [0.1, 0.15) is 40.0 Å². The monoisotopic (exact) mass is 481 g/mol. The number of aliphatic hydroxyl groups excluding tert-OH is 1. The van der Waals surface area contributed by atoms with Gasteiger partial charge >= 0.3 is 5.97 Å². The Kier molecular flexibility index (Phi) is 7.81. The molecule has 0 radical (unpaired) electrons. The summed E-state index contributed by atoms with van der Waals surface area (Å²) in [5.74, 6) is -2.51. The standard InChI is InChI=1S/C24H39N3O7/c1-4-15(3)16(14-28)27-20(21(29)25-8-9-26-10-12-32-13-11-26)24-7-6-17(34-24)18(19(24)22(27)30)23(31)33-5-2/h15-20,28H,4-14H2,1-3H3,(H,25,29)/t15-,16-,17-,18+,19+,20-,24+/m0/s1. The van der Waals surface area contributed by atoms with Gasteiger partial charge in [-0.3, -0.25) is 19.3 Å². The summed E-state index contributed by atoms with van der Waals surface area (Å²) in [4.78, 5) is 44.2. The van der Waals surface area contributed by atoms with E-state index in [-0.39, 0.29) is 30.9 Å². The molecule has 1 spiro atoms. The van der Waals surface area contributed by atoms with Gasteiger partial charge in [-0.25, -0.2) is 0 Å².